The molecule has 1 saturated heterocycles. The Bertz CT molecular complexity index is 715. The summed E-state index contributed by atoms with van der Waals surface area (Å²) in [7, 11) is -4.59. The number of hydrogen-bond acceptors (Lipinski definition) is 6. The maximum absolute atomic E-state index is 11.7. The third-order valence-electron chi connectivity index (χ3n) is 4.45. The Kier molecular flexibility index (Phi) is 3.75. The van der Waals surface area contributed by atoms with E-state index in [9.17, 15) is 8.42 Å². The van der Waals surface area contributed by atoms with Crippen LogP contribution in [-0.2, 0) is 19.3 Å². The minimum atomic E-state index is -3.96. The Morgan fingerprint density at radius 2 is 1.83 bits per heavy atom. The Labute approximate surface area is 136 Å². The molecular formula is C14H21BN2O5S. The van der Waals surface area contributed by atoms with Gasteiger partial charge in [0.1, 0.15) is 0 Å². The van der Waals surface area contributed by atoms with Gasteiger partial charge in [-0.25, -0.2) is 18.5 Å². The van der Waals surface area contributed by atoms with Gasteiger partial charge < -0.3 is 14.0 Å². The fourth-order valence-electron chi connectivity index (χ4n) is 2.22. The molecule has 0 unspecified atom stereocenters. The molecule has 2 aliphatic rings. The van der Waals surface area contributed by atoms with Crippen molar-refractivity contribution >= 4 is 22.6 Å². The van der Waals surface area contributed by atoms with Gasteiger partial charge >= 0.3 is 7.12 Å². The fourth-order valence-corrected chi connectivity index (χ4v) is 2.81. The van der Waals surface area contributed by atoms with Crippen LogP contribution < -0.4 is 15.3 Å². The highest BCUT2D eigenvalue weighted by molar-refractivity contribution is 7.89. The second-order valence-corrected chi connectivity index (χ2v) is 8.50. The lowest BCUT2D eigenvalue weighted by atomic mass is 9.80. The number of nitrogens with zero attached hydrogens (tertiary/aromatic N) is 1. The lowest BCUT2D eigenvalue weighted by Crippen LogP contribution is -2.41. The van der Waals surface area contributed by atoms with Crippen LogP contribution in [0.3, 0.4) is 0 Å². The van der Waals surface area contributed by atoms with Crippen LogP contribution in [0.1, 0.15) is 40.5 Å². The van der Waals surface area contributed by atoms with Crippen molar-refractivity contribution in [2.75, 3.05) is 0 Å². The van der Waals surface area contributed by atoms with Crippen LogP contribution >= 0.6 is 0 Å². The maximum Gasteiger partial charge on any atom is 0.496 e. The van der Waals surface area contributed by atoms with Gasteiger partial charge in [-0.15, -0.1) is 0 Å². The fraction of sp³-hybridized carbons (Fsp3) is 0.643. The molecule has 0 spiro atoms. The number of aromatic nitrogens is 1. The first-order valence-corrected chi connectivity index (χ1v) is 9.09. The number of ether oxygens (including phenoxy) is 1. The van der Waals surface area contributed by atoms with Crippen LogP contribution in [0.15, 0.2) is 17.3 Å². The molecule has 0 aromatic carbocycles. The van der Waals surface area contributed by atoms with Crippen molar-refractivity contribution < 1.29 is 22.5 Å². The average Bonchev–Trinajstić information content (AvgIpc) is 3.15. The highest BCUT2D eigenvalue weighted by Gasteiger charge is 2.52. The van der Waals surface area contributed by atoms with Crippen LogP contribution in [0.25, 0.3) is 0 Å². The van der Waals surface area contributed by atoms with Gasteiger partial charge in [-0.2, -0.15) is 0 Å². The highest BCUT2D eigenvalue weighted by Crippen LogP contribution is 2.37. The molecule has 7 nitrogen and oxygen atoms in total. The Hall–Kier alpha value is -1.16. The molecule has 2 N–H and O–H groups in total. The summed E-state index contributed by atoms with van der Waals surface area (Å²) in [5, 5.41) is 4.95. The van der Waals surface area contributed by atoms with E-state index >= 15 is 0 Å². The van der Waals surface area contributed by atoms with Crippen molar-refractivity contribution in [3.8, 4) is 5.75 Å². The van der Waals surface area contributed by atoms with E-state index in [1.807, 2.05) is 27.7 Å². The molecule has 0 amide bonds. The molecule has 23 heavy (non-hydrogen) atoms. The molecule has 9 heteroatoms. The summed E-state index contributed by atoms with van der Waals surface area (Å²) in [5.74, 6) is 0.155. The summed E-state index contributed by atoms with van der Waals surface area (Å²) in [4.78, 5) is 3.97. The van der Waals surface area contributed by atoms with Crippen LogP contribution in [0, 0.1) is 0 Å². The van der Waals surface area contributed by atoms with Gasteiger partial charge in [0.15, 0.2) is 5.75 Å². The number of sulfonamides is 1. The smallest absolute Gasteiger partial charge is 0.487 e. The lowest BCUT2D eigenvalue weighted by molar-refractivity contribution is 0.00578. The van der Waals surface area contributed by atoms with E-state index in [1.165, 1.54) is 6.20 Å². The van der Waals surface area contributed by atoms with Gasteiger partial charge in [0.05, 0.1) is 17.3 Å². The van der Waals surface area contributed by atoms with Gasteiger partial charge in [-0.05, 0) is 46.6 Å². The van der Waals surface area contributed by atoms with Crippen molar-refractivity contribution in [3.63, 3.8) is 0 Å². The standard InChI is InChI=1S/C14H21BN2O5S/c1-13(2)14(3,4)22-15(21-13)9-7-11(20-10-5-6-10)12(17-8-9)23(16,18)19/h7-8,10H,5-6H2,1-4H3,(H2,16,18,19). The molecular weight excluding hydrogens is 319 g/mol. The summed E-state index contributed by atoms with van der Waals surface area (Å²) < 4.78 is 40.9. The van der Waals surface area contributed by atoms with Crippen molar-refractivity contribution in [3.05, 3.63) is 12.3 Å². The topological polar surface area (TPSA) is 101 Å². The zero-order chi connectivity index (χ0) is 17.0. The molecule has 1 saturated carbocycles. The zero-order valence-corrected chi connectivity index (χ0v) is 14.5. The normalized spacial score (nSPS) is 23.1. The minimum absolute atomic E-state index is 0.0193. The van der Waals surface area contributed by atoms with Gasteiger partial charge in [0.25, 0.3) is 10.0 Å². The van der Waals surface area contributed by atoms with E-state index in [0.717, 1.165) is 12.8 Å². The van der Waals surface area contributed by atoms with Gasteiger partial charge in [0, 0.05) is 11.7 Å². The molecule has 1 aromatic heterocycles. The Balaban J connectivity index is 1.95. The molecule has 2 heterocycles. The number of hydrogen-bond donors (Lipinski definition) is 1. The van der Waals surface area contributed by atoms with Crippen LogP contribution in [0.5, 0.6) is 5.75 Å². The van der Waals surface area contributed by atoms with Crippen molar-refractivity contribution in [2.45, 2.75) is 62.9 Å². The minimum Gasteiger partial charge on any atom is -0.487 e. The van der Waals surface area contributed by atoms with E-state index in [-0.39, 0.29) is 16.9 Å². The Morgan fingerprint density at radius 1 is 1.26 bits per heavy atom. The van der Waals surface area contributed by atoms with Crippen LogP contribution in [-0.4, -0.2) is 37.8 Å². The number of pyridine rings is 1. The summed E-state index contributed by atoms with van der Waals surface area (Å²) in [6.07, 6.45) is 3.21. The third-order valence-corrected chi connectivity index (χ3v) is 5.30. The molecule has 1 aromatic rings. The molecule has 0 radical (unpaired) electrons. The molecule has 1 aliphatic carbocycles. The molecule has 0 bridgehead atoms. The summed E-state index contributed by atoms with van der Waals surface area (Å²) in [5.41, 5.74) is -0.381. The molecule has 3 rings (SSSR count). The first kappa shape index (κ1) is 16.7. The number of rotatable bonds is 4. The lowest BCUT2D eigenvalue weighted by Gasteiger charge is -2.32. The van der Waals surface area contributed by atoms with Crippen LogP contribution in [0.2, 0.25) is 0 Å². The molecule has 2 fully saturated rings. The predicted octanol–water partition coefficient (Wildman–Crippen LogP) is 0.569. The van der Waals surface area contributed by atoms with E-state index in [0.29, 0.717) is 5.46 Å². The summed E-state index contributed by atoms with van der Waals surface area (Å²) in [6, 6.07) is 1.59. The van der Waals surface area contributed by atoms with E-state index in [4.69, 9.17) is 19.2 Å². The van der Waals surface area contributed by atoms with E-state index in [1.54, 1.807) is 6.07 Å². The Morgan fingerprint density at radius 3 is 2.30 bits per heavy atom. The van der Waals surface area contributed by atoms with Gasteiger partial charge in [-0.3, -0.25) is 0 Å². The summed E-state index contributed by atoms with van der Waals surface area (Å²) >= 11 is 0. The highest BCUT2D eigenvalue weighted by atomic mass is 32.2. The van der Waals surface area contributed by atoms with Gasteiger partial charge in [-0.1, -0.05) is 0 Å². The summed E-state index contributed by atoms with van der Waals surface area (Å²) in [6.45, 7) is 7.78. The second kappa shape index (κ2) is 5.17. The molecule has 126 valence electrons. The molecule has 0 atom stereocenters. The van der Waals surface area contributed by atoms with Crippen LogP contribution in [0.4, 0.5) is 0 Å². The second-order valence-electron chi connectivity index (χ2n) is 7.02. The van der Waals surface area contributed by atoms with Gasteiger partial charge in [0.2, 0.25) is 5.03 Å². The van der Waals surface area contributed by atoms with Crippen molar-refractivity contribution in [1.82, 2.24) is 4.98 Å². The zero-order valence-electron chi connectivity index (χ0n) is 13.7. The van der Waals surface area contributed by atoms with Crippen molar-refractivity contribution in [1.29, 1.82) is 0 Å². The predicted molar refractivity (Wildman–Crippen MR) is 85.0 cm³/mol. The first-order valence-electron chi connectivity index (χ1n) is 7.55. The van der Waals surface area contributed by atoms with Crippen molar-refractivity contribution in [2.24, 2.45) is 5.14 Å². The molecule has 1 aliphatic heterocycles. The van der Waals surface area contributed by atoms with E-state index in [2.05, 4.69) is 4.98 Å². The largest absolute Gasteiger partial charge is 0.496 e. The number of nitrogens with two attached hydrogens (primary N) is 1. The quantitative estimate of drug-likeness (QED) is 0.804. The first-order chi connectivity index (χ1) is 10.5. The number of primary sulfonamides is 1. The maximum atomic E-state index is 11.7. The van der Waals surface area contributed by atoms with E-state index < -0.39 is 28.3 Å². The third kappa shape index (κ3) is 3.23. The SMILES string of the molecule is CC1(C)OB(c2cnc(S(N)(=O)=O)c(OC3CC3)c2)OC1(C)C. The average molecular weight is 340 g/mol. The monoisotopic (exact) mass is 340 g/mol.